The Morgan fingerprint density at radius 2 is 1.92 bits per heavy atom. The van der Waals surface area contributed by atoms with Crippen LogP contribution in [0.4, 0.5) is 4.39 Å². The van der Waals surface area contributed by atoms with E-state index in [1.807, 2.05) is 18.0 Å². The molecule has 1 saturated carbocycles. The van der Waals surface area contributed by atoms with Crippen LogP contribution in [-0.4, -0.2) is 80.5 Å². The highest BCUT2D eigenvalue weighted by Gasteiger charge is 2.44. The average molecular weight is 362 g/mol. The molecule has 6 heteroatoms. The van der Waals surface area contributed by atoms with Crippen LogP contribution < -0.4 is 5.32 Å². The molecule has 1 saturated heterocycles. The van der Waals surface area contributed by atoms with Crippen molar-refractivity contribution in [3.8, 4) is 0 Å². The third kappa shape index (κ3) is 5.50. The third-order valence-electron chi connectivity index (χ3n) is 5.58. The molecule has 1 aliphatic carbocycles. The van der Waals surface area contributed by atoms with Crippen LogP contribution in [0.3, 0.4) is 0 Å². The summed E-state index contributed by atoms with van der Waals surface area (Å²) in [4.78, 5) is 19.0. The largest absolute Gasteiger partial charge is 0.354 e. The molecule has 1 aliphatic heterocycles. The lowest BCUT2D eigenvalue weighted by Crippen LogP contribution is -2.48. The van der Waals surface area contributed by atoms with Gasteiger partial charge < -0.3 is 15.1 Å². The maximum absolute atomic E-state index is 13.7. The summed E-state index contributed by atoms with van der Waals surface area (Å²) >= 11 is 0. The Morgan fingerprint density at radius 1 is 1.23 bits per heavy atom. The summed E-state index contributed by atoms with van der Waals surface area (Å²) in [6.07, 6.45) is 2.40. The standard InChI is InChI=1S/C20H31FN4O/c1-23-9-11-25(12-10-23)16-20(7-8-20)15-22-19(26)14-24(2)13-17-5-3-4-6-18(17)21/h3-6H,7-16H2,1-2H3,(H,22,26). The molecule has 2 aliphatic rings. The Bertz CT molecular complexity index is 612. The summed E-state index contributed by atoms with van der Waals surface area (Å²) < 4.78 is 13.7. The minimum atomic E-state index is -0.219. The number of rotatable bonds is 8. The highest BCUT2D eigenvalue weighted by atomic mass is 19.1. The molecule has 0 radical (unpaired) electrons. The molecule has 2 fully saturated rings. The number of likely N-dealkylation sites (N-methyl/N-ethyl adjacent to an activating group) is 2. The van der Waals surface area contributed by atoms with Crippen LogP contribution in [-0.2, 0) is 11.3 Å². The Labute approximate surface area is 156 Å². The number of nitrogens with one attached hydrogen (secondary N) is 1. The average Bonchev–Trinajstić information content (AvgIpc) is 3.37. The molecule has 0 bridgehead atoms. The lowest BCUT2D eigenvalue weighted by molar-refractivity contribution is -0.122. The molecule has 0 unspecified atom stereocenters. The molecule has 0 atom stereocenters. The van der Waals surface area contributed by atoms with Crippen molar-refractivity contribution < 1.29 is 9.18 Å². The van der Waals surface area contributed by atoms with E-state index in [4.69, 9.17) is 0 Å². The van der Waals surface area contributed by atoms with Crippen molar-refractivity contribution in [3.05, 3.63) is 35.6 Å². The van der Waals surface area contributed by atoms with Crippen LogP contribution in [0.15, 0.2) is 24.3 Å². The second-order valence-corrected chi connectivity index (χ2v) is 8.12. The van der Waals surface area contributed by atoms with E-state index in [2.05, 4.69) is 22.2 Å². The van der Waals surface area contributed by atoms with Crippen LogP contribution in [0.1, 0.15) is 18.4 Å². The van der Waals surface area contributed by atoms with E-state index in [9.17, 15) is 9.18 Å². The smallest absolute Gasteiger partial charge is 0.234 e. The highest BCUT2D eigenvalue weighted by Crippen LogP contribution is 2.45. The fourth-order valence-corrected chi connectivity index (χ4v) is 3.61. The molecule has 0 spiro atoms. The number of carbonyl (C=O) groups is 1. The van der Waals surface area contributed by atoms with Crippen LogP contribution in [0.25, 0.3) is 0 Å². The Morgan fingerprint density at radius 3 is 2.58 bits per heavy atom. The van der Waals surface area contributed by atoms with Gasteiger partial charge >= 0.3 is 0 Å². The number of piperazine rings is 1. The molecule has 3 rings (SSSR count). The topological polar surface area (TPSA) is 38.8 Å². The monoisotopic (exact) mass is 362 g/mol. The van der Waals surface area contributed by atoms with Crippen LogP contribution in [0.5, 0.6) is 0 Å². The van der Waals surface area contributed by atoms with Crippen molar-refractivity contribution >= 4 is 5.91 Å². The van der Waals surface area contributed by atoms with E-state index in [1.165, 1.54) is 18.9 Å². The summed E-state index contributed by atoms with van der Waals surface area (Å²) in [6.45, 7) is 7.07. The zero-order chi connectivity index (χ0) is 18.6. The molecule has 1 amide bonds. The van der Waals surface area contributed by atoms with Gasteiger partial charge in [-0.1, -0.05) is 18.2 Å². The van der Waals surface area contributed by atoms with Gasteiger partial charge in [0.1, 0.15) is 5.82 Å². The summed E-state index contributed by atoms with van der Waals surface area (Å²) in [5, 5.41) is 3.10. The van der Waals surface area contributed by atoms with Gasteiger partial charge in [-0.05, 0) is 33.0 Å². The number of nitrogens with zero attached hydrogens (tertiary/aromatic N) is 3. The van der Waals surface area contributed by atoms with E-state index in [-0.39, 0.29) is 17.1 Å². The van der Waals surface area contributed by atoms with Crippen molar-refractivity contribution in [1.82, 2.24) is 20.0 Å². The van der Waals surface area contributed by atoms with Crippen LogP contribution in [0.2, 0.25) is 0 Å². The predicted molar refractivity (Wildman–Crippen MR) is 101 cm³/mol. The molecule has 26 heavy (non-hydrogen) atoms. The van der Waals surface area contributed by atoms with E-state index < -0.39 is 0 Å². The quantitative estimate of drug-likeness (QED) is 0.759. The zero-order valence-corrected chi connectivity index (χ0v) is 16.0. The number of hydrogen-bond acceptors (Lipinski definition) is 4. The summed E-state index contributed by atoms with van der Waals surface area (Å²) in [5.74, 6) is -0.197. The SMILES string of the molecule is CN1CCN(CC2(CNC(=O)CN(C)Cc3ccccc3F)CC2)CC1. The minimum absolute atomic E-state index is 0.0218. The number of benzene rings is 1. The van der Waals surface area contributed by atoms with E-state index in [0.717, 1.165) is 39.3 Å². The molecule has 1 aromatic rings. The Hall–Kier alpha value is -1.50. The Kier molecular flexibility index (Phi) is 6.27. The summed E-state index contributed by atoms with van der Waals surface area (Å²) in [7, 11) is 4.02. The maximum Gasteiger partial charge on any atom is 0.234 e. The lowest BCUT2D eigenvalue weighted by Gasteiger charge is -2.35. The van der Waals surface area contributed by atoms with Gasteiger partial charge in [0.15, 0.2) is 0 Å². The molecule has 1 heterocycles. The van der Waals surface area contributed by atoms with Gasteiger partial charge in [0.25, 0.3) is 0 Å². The van der Waals surface area contributed by atoms with E-state index >= 15 is 0 Å². The van der Waals surface area contributed by atoms with Gasteiger partial charge in [-0.3, -0.25) is 9.69 Å². The molecular formula is C20H31FN4O. The molecule has 1 N–H and O–H groups in total. The van der Waals surface area contributed by atoms with Crippen molar-refractivity contribution in [1.29, 1.82) is 0 Å². The van der Waals surface area contributed by atoms with Crippen LogP contribution in [0, 0.1) is 11.2 Å². The fourth-order valence-electron chi connectivity index (χ4n) is 3.61. The first-order valence-corrected chi connectivity index (χ1v) is 9.55. The van der Waals surface area contributed by atoms with E-state index in [0.29, 0.717) is 18.7 Å². The number of hydrogen-bond donors (Lipinski definition) is 1. The zero-order valence-electron chi connectivity index (χ0n) is 16.0. The van der Waals surface area contributed by atoms with E-state index in [1.54, 1.807) is 12.1 Å². The maximum atomic E-state index is 13.7. The van der Waals surface area contributed by atoms with Crippen molar-refractivity contribution in [2.24, 2.45) is 5.41 Å². The summed E-state index contributed by atoms with van der Waals surface area (Å²) in [5.41, 5.74) is 0.895. The predicted octanol–water partition coefficient (Wildman–Crippen LogP) is 1.40. The van der Waals surface area contributed by atoms with Gasteiger partial charge in [-0.2, -0.15) is 0 Å². The number of amides is 1. The Balaban J connectivity index is 1.39. The van der Waals surface area contributed by atoms with Gasteiger partial charge in [0.2, 0.25) is 5.91 Å². The van der Waals surface area contributed by atoms with Crippen molar-refractivity contribution in [2.75, 3.05) is 59.9 Å². The van der Waals surface area contributed by atoms with Gasteiger partial charge in [-0.25, -0.2) is 4.39 Å². The van der Waals surface area contributed by atoms with Crippen molar-refractivity contribution in [2.45, 2.75) is 19.4 Å². The number of carbonyl (C=O) groups excluding carboxylic acids is 1. The first-order chi connectivity index (χ1) is 12.5. The first kappa shape index (κ1) is 19.3. The third-order valence-corrected chi connectivity index (χ3v) is 5.58. The molecule has 144 valence electrons. The molecule has 5 nitrogen and oxygen atoms in total. The minimum Gasteiger partial charge on any atom is -0.354 e. The van der Waals surface area contributed by atoms with Crippen molar-refractivity contribution in [3.63, 3.8) is 0 Å². The summed E-state index contributed by atoms with van der Waals surface area (Å²) in [6, 6.07) is 6.72. The van der Waals surface area contributed by atoms with Gasteiger partial charge in [-0.15, -0.1) is 0 Å². The van der Waals surface area contributed by atoms with Gasteiger partial charge in [0.05, 0.1) is 6.54 Å². The first-order valence-electron chi connectivity index (χ1n) is 9.55. The number of halogens is 1. The highest BCUT2D eigenvalue weighted by molar-refractivity contribution is 5.78. The van der Waals surface area contributed by atoms with Crippen LogP contribution >= 0.6 is 0 Å². The molecular weight excluding hydrogens is 331 g/mol. The second-order valence-electron chi connectivity index (χ2n) is 8.12. The fraction of sp³-hybridized carbons (Fsp3) is 0.650. The lowest BCUT2D eigenvalue weighted by atomic mass is 10.1. The second kappa shape index (κ2) is 8.46. The molecule has 1 aromatic carbocycles. The normalized spacial score (nSPS) is 20.3. The van der Waals surface area contributed by atoms with Gasteiger partial charge in [0, 0.05) is 56.8 Å². The molecule has 0 aromatic heterocycles.